The van der Waals surface area contributed by atoms with E-state index in [1.54, 1.807) is 24.3 Å². The summed E-state index contributed by atoms with van der Waals surface area (Å²) in [6, 6.07) is 11.6. The molecule has 0 unspecified atom stereocenters. The van der Waals surface area contributed by atoms with Crippen molar-refractivity contribution in [1.29, 1.82) is 0 Å². The van der Waals surface area contributed by atoms with E-state index in [0.717, 1.165) is 5.52 Å². The fraction of sp³-hybridized carbons (Fsp3) is 0.0625. The van der Waals surface area contributed by atoms with Crippen molar-refractivity contribution in [3.05, 3.63) is 53.7 Å². The number of H-pyrrole nitrogens is 1. The molecule has 0 aliphatic rings. The molecule has 3 aromatic rings. The second kappa shape index (κ2) is 5.80. The molecule has 0 saturated carbocycles. The third-order valence-electron chi connectivity index (χ3n) is 3.39. The highest BCUT2D eigenvalue weighted by Crippen LogP contribution is 2.23. The predicted octanol–water partition coefficient (Wildman–Crippen LogP) is 2.52. The lowest BCUT2D eigenvalue weighted by Crippen LogP contribution is -2.15. The molecule has 0 radical (unpaired) electrons. The lowest BCUT2D eigenvalue weighted by atomic mass is 10.1. The molecule has 0 aliphatic carbocycles. The van der Waals surface area contributed by atoms with Crippen LogP contribution >= 0.6 is 0 Å². The molecule has 116 valence electrons. The fourth-order valence-corrected chi connectivity index (χ4v) is 2.25. The zero-order chi connectivity index (χ0) is 16.4. The highest BCUT2D eigenvalue weighted by molar-refractivity contribution is 6.12. The Kier molecular flexibility index (Phi) is 3.68. The van der Waals surface area contributed by atoms with Crippen molar-refractivity contribution in [3.8, 4) is 5.75 Å². The Morgan fingerprint density at radius 2 is 2.00 bits per heavy atom. The summed E-state index contributed by atoms with van der Waals surface area (Å²) in [6.07, 6.45) is 0. The molecular formula is C16H13N3O4. The normalized spacial score (nSPS) is 10.5. The number of fused-ring (bicyclic) bond motifs is 1. The van der Waals surface area contributed by atoms with Gasteiger partial charge in [0.2, 0.25) is 0 Å². The van der Waals surface area contributed by atoms with Gasteiger partial charge in [0.1, 0.15) is 5.75 Å². The molecule has 0 saturated heterocycles. The minimum atomic E-state index is -1.16. The highest BCUT2D eigenvalue weighted by atomic mass is 16.5. The van der Waals surface area contributed by atoms with Gasteiger partial charge in [0.25, 0.3) is 5.91 Å². The van der Waals surface area contributed by atoms with Crippen molar-refractivity contribution in [2.75, 3.05) is 12.4 Å². The number of carbonyl (C=O) groups is 2. The smallest absolute Gasteiger partial charge is 0.337 e. The van der Waals surface area contributed by atoms with Crippen molar-refractivity contribution in [2.24, 2.45) is 0 Å². The lowest BCUT2D eigenvalue weighted by molar-refractivity contribution is 0.0697. The first-order chi connectivity index (χ1) is 11.1. The number of carbonyl (C=O) groups excluding carboxylic acids is 1. The van der Waals surface area contributed by atoms with Gasteiger partial charge in [0.05, 0.1) is 23.9 Å². The molecule has 0 bridgehead atoms. The van der Waals surface area contributed by atoms with Gasteiger partial charge in [-0.2, -0.15) is 5.10 Å². The molecule has 1 heterocycles. The number of amides is 1. The Bertz CT molecular complexity index is 901. The second-order valence-electron chi connectivity index (χ2n) is 4.79. The van der Waals surface area contributed by atoms with E-state index in [1.165, 1.54) is 19.2 Å². The molecular weight excluding hydrogens is 298 g/mol. The first kappa shape index (κ1) is 14.6. The number of ether oxygens (including phenoxy) is 1. The lowest BCUT2D eigenvalue weighted by Gasteiger charge is -2.09. The van der Waals surface area contributed by atoms with Crippen LogP contribution in [0.25, 0.3) is 10.9 Å². The maximum absolute atomic E-state index is 12.4. The third kappa shape index (κ3) is 2.71. The Morgan fingerprint density at radius 1 is 1.22 bits per heavy atom. The Labute approximate surface area is 130 Å². The largest absolute Gasteiger partial charge is 0.497 e. The summed E-state index contributed by atoms with van der Waals surface area (Å²) in [5.41, 5.74) is 1.05. The number of carboxylic acids is 1. The van der Waals surface area contributed by atoms with E-state index in [4.69, 9.17) is 4.74 Å². The Hall–Kier alpha value is -3.35. The molecule has 3 rings (SSSR count). The third-order valence-corrected chi connectivity index (χ3v) is 3.39. The molecule has 0 atom stereocenters. The van der Waals surface area contributed by atoms with E-state index in [1.807, 2.05) is 6.07 Å². The van der Waals surface area contributed by atoms with Crippen LogP contribution in [0.4, 0.5) is 5.69 Å². The number of hydrogen-bond acceptors (Lipinski definition) is 4. The average molecular weight is 311 g/mol. The zero-order valence-corrected chi connectivity index (χ0v) is 12.2. The van der Waals surface area contributed by atoms with Gasteiger partial charge in [-0.15, -0.1) is 0 Å². The Balaban J connectivity index is 1.95. The van der Waals surface area contributed by atoms with E-state index in [0.29, 0.717) is 11.1 Å². The predicted molar refractivity (Wildman–Crippen MR) is 84.0 cm³/mol. The van der Waals surface area contributed by atoms with Crippen LogP contribution in [-0.2, 0) is 0 Å². The number of hydrogen-bond donors (Lipinski definition) is 3. The van der Waals surface area contributed by atoms with Crippen LogP contribution < -0.4 is 10.1 Å². The number of methoxy groups -OCH3 is 1. The SMILES string of the molecule is COc1ccc(NC(=O)c2n[nH]c3ccccc23)c(C(=O)O)c1. The number of para-hydroxylation sites is 1. The summed E-state index contributed by atoms with van der Waals surface area (Å²) in [4.78, 5) is 23.7. The average Bonchev–Trinajstić information content (AvgIpc) is 2.99. The minimum absolute atomic E-state index is 0.0578. The van der Waals surface area contributed by atoms with Gasteiger partial charge in [-0.25, -0.2) is 4.79 Å². The van der Waals surface area contributed by atoms with Crippen molar-refractivity contribution in [3.63, 3.8) is 0 Å². The van der Waals surface area contributed by atoms with E-state index < -0.39 is 11.9 Å². The summed E-state index contributed by atoms with van der Waals surface area (Å²) in [7, 11) is 1.44. The van der Waals surface area contributed by atoms with Gasteiger partial charge < -0.3 is 15.2 Å². The molecule has 23 heavy (non-hydrogen) atoms. The number of rotatable bonds is 4. The van der Waals surface area contributed by atoms with Crippen molar-refractivity contribution >= 4 is 28.5 Å². The summed E-state index contributed by atoms with van der Waals surface area (Å²) >= 11 is 0. The first-order valence-electron chi connectivity index (χ1n) is 6.76. The number of benzene rings is 2. The standard InChI is InChI=1S/C16H13N3O4/c1-23-9-6-7-12(11(8-9)16(21)22)17-15(20)14-10-4-2-3-5-13(10)18-19-14/h2-8H,1H3,(H,17,20)(H,18,19)(H,21,22). The van der Waals surface area contributed by atoms with E-state index >= 15 is 0 Å². The summed E-state index contributed by atoms with van der Waals surface area (Å²) in [5, 5.41) is 19.3. The highest BCUT2D eigenvalue weighted by Gasteiger charge is 2.18. The molecule has 3 N–H and O–H groups in total. The van der Waals surface area contributed by atoms with Crippen LogP contribution in [0.5, 0.6) is 5.75 Å². The van der Waals surface area contributed by atoms with E-state index in [2.05, 4.69) is 15.5 Å². The van der Waals surface area contributed by atoms with Crippen molar-refractivity contribution < 1.29 is 19.4 Å². The molecule has 7 nitrogen and oxygen atoms in total. The van der Waals surface area contributed by atoms with Crippen LogP contribution in [-0.4, -0.2) is 34.3 Å². The monoisotopic (exact) mass is 311 g/mol. The molecule has 1 amide bonds. The van der Waals surface area contributed by atoms with Gasteiger partial charge in [-0.05, 0) is 24.3 Å². The summed E-state index contributed by atoms with van der Waals surface area (Å²) in [5.74, 6) is -1.26. The van der Waals surface area contributed by atoms with Gasteiger partial charge in [-0.3, -0.25) is 9.89 Å². The maximum Gasteiger partial charge on any atom is 0.337 e. The van der Waals surface area contributed by atoms with E-state index in [9.17, 15) is 14.7 Å². The molecule has 2 aromatic carbocycles. The van der Waals surface area contributed by atoms with Crippen LogP contribution in [0, 0.1) is 0 Å². The number of aromatic nitrogens is 2. The van der Waals surface area contributed by atoms with Crippen LogP contribution in [0.3, 0.4) is 0 Å². The topological polar surface area (TPSA) is 104 Å². The van der Waals surface area contributed by atoms with E-state index in [-0.39, 0.29) is 16.9 Å². The van der Waals surface area contributed by atoms with Crippen LogP contribution in [0.15, 0.2) is 42.5 Å². The number of aromatic carboxylic acids is 1. The second-order valence-corrected chi connectivity index (χ2v) is 4.79. The number of carboxylic acid groups (broad SMARTS) is 1. The number of nitrogens with zero attached hydrogens (tertiary/aromatic N) is 1. The molecule has 0 spiro atoms. The van der Waals surface area contributed by atoms with Crippen LogP contribution in [0.2, 0.25) is 0 Å². The molecule has 1 aromatic heterocycles. The zero-order valence-electron chi connectivity index (χ0n) is 12.2. The first-order valence-corrected chi connectivity index (χ1v) is 6.76. The molecule has 0 fully saturated rings. The van der Waals surface area contributed by atoms with Gasteiger partial charge in [-0.1, -0.05) is 18.2 Å². The minimum Gasteiger partial charge on any atom is -0.497 e. The Morgan fingerprint density at radius 3 is 2.74 bits per heavy atom. The van der Waals surface area contributed by atoms with Crippen molar-refractivity contribution in [1.82, 2.24) is 10.2 Å². The van der Waals surface area contributed by atoms with Crippen LogP contribution in [0.1, 0.15) is 20.8 Å². The molecule has 0 aliphatic heterocycles. The van der Waals surface area contributed by atoms with Gasteiger partial charge in [0, 0.05) is 5.39 Å². The fourth-order valence-electron chi connectivity index (χ4n) is 2.25. The van der Waals surface area contributed by atoms with Gasteiger partial charge in [0.15, 0.2) is 5.69 Å². The maximum atomic E-state index is 12.4. The number of nitrogens with one attached hydrogen (secondary N) is 2. The van der Waals surface area contributed by atoms with Gasteiger partial charge >= 0.3 is 5.97 Å². The summed E-state index contributed by atoms with van der Waals surface area (Å²) < 4.78 is 5.00. The van der Waals surface area contributed by atoms with Crippen molar-refractivity contribution in [2.45, 2.75) is 0 Å². The number of aromatic amines is 1. The summed E-state index contributed by atoms with van der Waals surface area (Å²) in [6.45, 7) is 0. The molecule has 7 heteroatoms. The quantitative estimate of drug-likeness (QED) is 0.686. The number of anilines is 1.